The van der Waals surface area contributed by atoms with Gasteiger partial charge in [0.1, 0.15) is 5.75 Å². The molecule has 3 nitrogen and oxygen atoms in total. The Morgan fingerprint density at radius 3 is 2.58 bits per heavy atom. The Kier molecular flexibility index (Phi) is 5.61. The molecular formula is C16H22O3. The first-order valence-corrected chi connectivity index (χ1v) is 6.61. The minimum atomic E-state index is -0.898. The summed E-state index contributed by atoms with van der Waals surface area (Å²) in [5, 5.41) is 8.95. The van der Waals surface area contributed by atoms with E-state index in [-0.39, 0.29) is 0 Å². The molecule has 0 saturated heterocycles. The van der Waals surface area contributed by atoms with Gasteiger partial charge in [-0.25, -0.2) is 4.79 Å². The average Bonchev–Trinajstić information content (AvgIpc) is 2.37. The molecule has 1 rings (SSSR count). The molecule has 0 aliphatic heterocycles. The molecule has 0 bridgehead atoms. The Bertz CT molecular complexity index is 473. The maximum absolute atomic E-state index is 10.9. The fourth-order valence-corrected chi connectivity index (χ4v) is 2.10. The Labute approximate surface area is 114 Å². The van der Waals surface area contributed by atoms with Crippen molar-refractivity contribution < 1.29 is 14.6 Å². The van der Waals surface area contributed by atoms with Crippen molar-refractivity contribution in [2.24, 2.45) is 0 Å². The summed E-state index contributed by atoms with van der Waals surface area (Å²) in [4.78, 5) is 10.9. The van der Waals surface area contributed by atoms with E-state index in [2.05, 4.69) is 13.8 Å². The van der Waals surface area contributed by atoms with E-state index in [1.54, 1.807) is 7.11 Å². The highest BCUT2D eigenvalue weighted by molar-refractivity contribution is 5.90. The maximum Gasteiger partial charge on any atom is 0.328 e. The average molecular weight is 262 g/mol. The molecule has 0 aromatic heterocycles. The van der Waals surface area contributed by atoms with Crippen LogP contribution in [-0.2, 0) is 4.79 Å². The third-order valence-corrected chi connectivity index (χ3v) is 3.04. The Hall–Kier alpha value is -1.77. The maximum atomic E-state index is 10.9. The van der Waals surface area contributed by atoms with Crippen LogP contribution in [0, 0.1) is 0 Å². The minimum Gasteiger partial charge on any atom is -0.496 e. The fourth-order valence-electron chi connectivity index (χ4n) is 2.10. The van der Waals surface area contributed by atoms with E-state index in [9.17, 15) is 4.79 Å². The number of methoxy groups -OCH3 is 1. The van der Waals surface area contributed by atoms with E-state index in [4.69, 9.17) is 9.84 Å². The number of benzene rings is 1. The van der Waals surface area contributed by atoms with Crippen LogP contribution >= 0.6 is 0 Å². The van der Waals surface area contributed by atoms with Crippen LogP contribution in [0.4, 0.5) is 0 Å². The second kappa shape index (κ2) is 6.98. The molecule has 0 radical (unpaired) electrons. The first-order chi connectivity index (χ1) is 8.99. The molecule has 3 heteroatoms. The Balaban J connectivity index is 3.25. The van der Waals surface area contributed by atoms with Crippen LogP contribution in [0.5, 0.6) is 5.75 Å². The summed E-state index contributed by atoms with van der Waals surface area (Å²) in [6.07, 6.45) is 2.98. The topological polar surface area (TPSA) is 46.5 Å². The largest absolute Gasteiger partial charge is 0.496 e. The summed E-state index contributed by atoms with van der Waals surface area (Å²) in [5.74, 6) is 0.290. The molecular weight excluding hydrogens is 240 g/mol. The van der Waals surface area contributed by atoms with Crippen LogP contribution in [0.3, 0.4) is 0 Å². The molecule has 104 valence electrons. The van der Waals surface area contributed by atoms with Gasteiger partial charge in [0.05, 0.1) is 7.11 Å². The summed E-state index contributed by atoms with van der Waals surface area (Å²) in [7, 11) is 1.65. The number of hydrogen-bond donors (Lipinski definition) is 1. The lowest BCUT2D eigenvalue weighted by Gasteiger charge is -2.15. The van der Waals surface area contributed by atoms with Crippen LogP contribution in [0.1, 0.15) is 50.7 Å². The first kappa shape index (κ1) is 15.3. The zero-order valence-corrected chi connectivity index (χ0v) is 12.1. The van der Waals surface area contributed by atoms with Gasteiger partial charge in [-0.1, -0.05) is 33.3 Å². The standard InChI is InChI=1S/C16H22O3/c1-5-6-12(10-16(17)18)13-7-8-15(19-4)14(9-13)11(2)3/h7-11H,5-6H2,1-4H3,(H,17,18)/b12-10+. The van der Waals surface area contributed by atoms with Crippen LogP contribution in [0.2, 0.25) is 0 Å². The van der Waals surface area contributed by atoms with Crippen LogP contribution in [-0.4, -0.2) is 18.2 Å². The second-order valence-electron chi connectivity index (χ2n) is 4.87. The van der Waals surface area contributed by atoms with Gasteiger partial charge in [-0.05, 0) is 41.2 Å². The fraction of sp³-hybridized carbons (Fsp3) is 0.438. The smallest absolute Gasteiger partial charge is 0.328 e. The SMILES string of the molecule is CCC/C(=C\C(=O)O)c1ccc(OC)c(C(C)C)c1. The molecule has 0 aliphatic carbocycles. The van der Waals surface area contributed by atoms with E-state index in [1.807, 2.05) is 25.1 Å². The van der Waals surface area contributed by atoms with Gasteiger partial charge in [-0.2, -0.15) is 0 Å². The quantitative estimate of drug-likeness (QED) is 0.785. The van der Waals surface area contributed by atoms with Gasteiger partial charge in [-0.3, -0.25) is 0 Å². The number of carboxylic acids is 1. The summed E-state index contributed by atoms with van der Waals surface area (Å²) in [6.45, 7) is 6.24. The Morgan fingerprint density at radius 1 is 1.42 bits per heavy atom. The minimum absolute atomic E-state index is 0.336. The van der Waals surface area contributed by atoms with Crippen LogP contribution in [0.25, 0.3) is 5.57 Å². The van der Waals surface area contributed by atoms with Crippen molar-refractivity contribution in [2.45, 2.75) is 39.5 Å². The summed E-state index contributed by atoms with van der Waals surface area (Å²) < 4.78 is 5.35. The second-order valence-corrected chi connectivity index (χ2v) is 4.87. The molecule has 0 fully saturated rings. The number of aliphatic carboxylic acids is 1. The third kappa shape index (κ3) is 4.12. The first-order valence-electron chi connectivity index (χ1n) is 6.61. The van der Waals surface area contributed by atoms with Crippen molar-refractivity contribution in [1.82, 2.24) is 0 Å². The lowest BCUT2D eigenvalue weighted by molar-refractivity contribution is -0.131. The summed E-state index contributed by atoms with van der Waals surface area (Å²) in [5.41, 5.74) is 2.93. The summed E-state index contributed by atoms with van der Waals surface area (Å²) >= 11 is 0. The Morgan fingerprint density at radius 2 is 2.11 bits per heavy atom. The zero-order chi connectivity index (χ0) is 14.4. The van der Waals surface area contributed by atoms with E-state index in [1.165, 1.54) is 6.08 Å². The van der Waals surface area contributed by atoms with Crippen LogP contribution < -0.4 is 4.74 Å². The van der Waals surface area contributed by atoms with Gasteiger partial charge < -0.3 is 9.84 Å². The van der Waals surface area contributed by atoms with Crippen molar-refractivity contribution in [3.8, 4) is 5.75 Å². The molecule has 1 aromatic rings. The van der Waals surface area contributed by atoms with E-state index in [0.717, 1.165) is 35.3 Å². The highest BCUT2D eigenvalue weighted by Crippen LogP contribution is 2.31. The number of hydrogen-bond acceptors (Lipinski definition) is 2. The third-order valence-electron chi connectivity index (χ3n) is 3.04. The highest BCUT2D eigenvalue weighted by Gasteiger charge is 2.11. The van der Waals surface area contributed by atoms with Crippen molar-refractivity contribution in [1.29, 1.82) is 0 Å². The van der Waals surface area contributed by atoms with E-state index in [0.29, 0.717) is 5.92 Å². The highest BCUT2D eigenvalue weighted by atomic mass is 16.5. The van der Waals surface area contributed by atoms with Crippen LogP contribution in [0.15, 0.2) is 24.3 Å². The molecule has 0 amide bonds. The normalized spacial score (nSPS) is 11.7. The molecule has 0 spiro atoms. The number of rotatable bonds is 6. The summed E-state index contributed by atoms with van der Waals surface area (Å²) in [6, 6.07) is 5.87. The van der Waals surface area contributed by atoms with Crippen molar-refractivity contribution in [3.63, 3.8) is 0 Å². The van der Waals surface area contributed by atoms with E-state index < -0.39 is 5.97 Å². The van der Waals surface area contributed by atoms with Gasteiger partial charge in [-0.15, -0.1) is 0 Å². The number of carboxylic acid groups (broad SMARTS) is 1. The van der Waals surface area contributed by atoms with Crippen molar-refractivity contribution in [2.75, 3.05) is 7.11 Å². The van der Waals surface area contributed by atoms with Gasteiger partial charge >= 0.3 is 5.97 Å². The molecule has 0 heterocycles. The number of allylic oxidation sites excluding steroid dienone is 1. The van der Waals surface area contributed by atoms with Crippen molar-refractivity contribution in [3.05, 3.63) is 35.4 Å². The molecule has 0 atom stereocenters. The molecule has 0 unspecified atom stereocenters. The lowest BCUT2D eigenvalue weighted by atomic mass is 9.94. The van der Waals surface area contributed by atoms with Gasteiger partial charge in [0.25, 0.3) is 0 Å². The van der Waals surface area contributed by atoms with Gasteiger partial charge in [0, 0.05) is 6.08 Å². The zero-order valence-electron chi connectivity index (χ0n) is 12.1. The molecule has 0 saturated carbocycles. The monoisotopic (exact) mass is 262 g/mol. The predicted molar refractivity (Wildman–Crippen MR) is 77.6 cm³/mol. The molecule has 1 N–H and O–H groups in total. The van der Waals surface area contributed by atoms with E-state index >= 15 is 0 Å². The van der Waals surface area contributed by atoms with Crippen molar-refractivity contribution >= 4 is 11.5 Å². The molecule has 1 aromatic carbocycles. The molecule has 19 heavy (non-hydrogen) atoms. The predicted octanol–water partition coefficient (Wildman–Crippen LogP) is 4.09. The lowest BCUT2D eigenvalue weighted by Crippen LogP contribution is -1.98. The number of carbonyl (C=O) groups is 1. The molecule has 0 aliphatic rings. The van der Waals surface area contributed by atoms with Gasteiger partial charge in [0.15, 0.2) is 0 Å². The van der Waals surface area contributed by atoms with Gasteiger partial charge in [0.2, 0.25) is 0 Å². The number of ether oxygens (including phenoxy) is 1.